The topological polar surface area (TPSA) is 106 Å². The van der Waals surface area contributed by atoms with Crippen molar-refractivity contribution >= 4 is 11.6 Å². The Labute approximate surface area is 124 Å². The van der Waals surface area contributed by atoms with E-state index in [1.807, 2.05) is 0 Å². The van der Waals surface area contributed by atoms with Gasteiger partial charge in [-0.15, -0.1) is 0 Å². The van der Waals surface area contributed by atoms with Crippen LogP contribution in [-0.2, 0) is 0 Å². The number of carbonyl (C=O) groups is 1. The molecule has 7 nitrogen and oxygen atoms in total. The molecule has 2 aromatic rings. The summed E-state index contributed by atoms with van der Waals surface area (Å²) in [6.45, 7) is 0.870. The van der Waals surface area contributed by atoms with Gasteiger partial charge in [-0.3, -0.25) is 14.9 Å². The Morgan fingerprint density at radius 1 is 1.55 bits per heavy atom. The number of hydrogen-bond acceptors (Lipinski definition) is 5. The van der Waals surface area contributed by atoms with Crippen LogP contribution in [0.4, 0.5) is 10.1 Å². The summed E-state index contributed by atoms with van der Waals surface area (Å²) < 4.78 is 18.5. The number of nitrogens with zero attached hydrogens (tertiary/aromatic N) is 1. The maximum Gasteiger partial charge on any atom is 0.285 e. The standard InChI is InChI=1S/C14H13FN2O5/c1-8-5-9(15)6-10(13(8)17(20)21)14(19)16-11(7-18)12-3-2-4-22-12/h2-6,11,18H,7H2,1H3,(H,16,19). The maximum atomic E-state index is 13.5. The van der Waals surface area contributed by atoms with Crippen molar-refractivity contribution in [1.82, 2.24) is 5.32 Å². The molecule has 0 fully saturated rings. The highest BCUT2D eigenvalue weighted by Crippen LogP contribution is 2.25. The highest BCUT2D eigenvalue weighted by Gasteiger charge is 2.26. The normalized spacial score (nSPS) is 12.0. The minimum atomic E-state index is -0.884. The smallest absolute Gasteiger partial charge is 0.285 e. The first kappa shape index (κ1) is 15.6. The Balaban J connectivity index is 2.35. The molecule has 0 aliphatic carbocycles. The summed E-state index contributed by atoms with van der Waals surface area (Å²) in [6.07, 6.45) is 1.36. The molecule has 0 radical (unpaired) electrons. The predicted octanol–water partition coefficient (Wildman–Crippen LogP) is 2.10. The van der Waals surface area contributed by atoms with Crippen LogP contribution in [0.2, 0.25) is 0 Å². The molecule has 1 amide bonds. The Kier molecular flexibility index (Phi) is 4.52. The second kappa shape index (κ2) is 6.35. The molecule has 0 saturated heterocycles. The molecule has 0 aliphatic rings. The van der Waals surface area contributed by atoms with Crippen molar-refractivity contribution in [3.8, 4) is 0 Å². The van der Waals surface area contributed by atoms with Crippen LogP contribution in [0.3, 0.4) is 0 Å². The van der Waals surface area contributed by atoms with Crippen LogP contribution in [0, 0.1) is 22.9 Å². The molecular weight excluding hydrogens is 295 g/mol. The van der Waals surface area contributed by atoms with Crippen molar-refractivity contribution in [3.63, 3.8) is 0 Å². The van der Waals surface area contributed by atoms with Crippen molar-refractivity contribution in [2.45, 2.75) is 13.0 Å². The first-order chi connectivity index (χ1) is 10.4. The number of carbonyl (C=O) groups excluding carboxylic acids is 1. The van der Waals surface area contributed by atoms with Gasteiger partial charge < -0.3 is 14.8 Å². The van der Waals surface area contributed by atoms with E-state index in [0.717, 1.165) is 12.1 Å². The van der Waals surface area contributed by atoms with Crippen LogP contribution in [0.5, 0.6) is 0 Å². The molecular formula is C14H13FN2O5. The molecule has 1 heterocycles. The summed E-state index contributed by atoms with van der Waals surface area (Å²) >= 11 is 0. The number of nitrogens with one attached hydrogen (secondary N) is 1. The van der Waals surface area contributed by atoms with E-state index in [1.54, 1.807) is 6.07 Å². The number of aryl methyl sites for hydroxylation is 1. The predicted molar refractivity (Wildman–Crippen MR) is 73.8 cm³/mol. The fourth-order valence-electron chi connectivity index (χ4n) is 2.08. The summed E-state index contributed by atoms with van der Waals surface area (Å²) in [5.74, 6) is -1.34. The number of hydrogen-bond donors (Lipinski definition) is 2. The fraction of sp³-hybridized carbons (Fsp3) is 0.214. The largest absolute Gasteiger partial charge is 0.467 e. The average Bonchev–Trinajstić information content (AvgIpc) is 2.96. The molecule has 1 atom stereocenters. The van der Waals surface area contributed by atoms with E-state index in [2.05, 4.69) is 5.32 Å². The third-order valence-corrected chi connectivity index (χ3v) is 3.07. The van der Waals surface area contributed by atoms with E-state index >= 15 is 0 Å². The monoisotopic (exact) mass is 308 g/mol. The molecule has 0 spiro atoms. The Morgan fingerprint density at radius 2 is 2.27 bits per heavy atom. The fourth-order valence-corrected chi connectivity index (χ4v) is 2.08. The van der Waals surface area contributed by atoms with Crippen molar-refractivity contribution in [1.29, 1.82) is 0 Å². The van der Waals surface area contributed by atoms with Crippen molar-refractivity contribution in [3.05, 3.63) is 63.3 Å². The van der Waals surface area contributed by atoms with Crippen LogP contribution in [-0.4, -0.2) is 22.5 Å². The Bertz CT molecular complexity index is 700. The summed E-state index contributed by atoms with van der Waals surface area (Å²) in [6, 6.07) is 3.98. The van der Waals surface area contributed by atoms with Gasteiger partial charge in [0.25, 0.3) is 11.6 Å². The van der Waals surface area contributed by atoms with Crippen LogP contribution in [0.15, 0.2) is 34.9 Å². The number of benzene rings is 1. The van der Waals surface area contributed by atoms with E-state index in [4.69, 9.17) is 4.42 Å². The van der Waals surface area contributed by atoms with E-state index in [1.165, 1.54) is 19.3 Å². The average molecular weight is 308 g/mol. The number of aliphatic hydroxyl groups excluding tert-OH is 1. The number of furan rings is 1. The maximum absolute atomic E-state index is 13.5. The van der Waals surface area contributed by atoms with Gasteiger partial charge in [-0.2, -0.15) is 0 Å². The van der Waals surface area contributed by atoms with Crippen LogP contribution >= 0.6 is 0 Å². The van der Waals surface area contributed by atoms with Gasteiger partial charge in [0.15, 0.2) is 0 Å². The number of nitro benzene ring substituents is 1. The molecule has 0 bridgehead atoms. The quantitative estimate of drug-likeness (QED) is 0.650. The van der Waals surface area contributed by atoms with E-state index in [-0.39, 0.29) is 11.3 Å². The van der Waals surface area contributed by atoms with Gasteiger partial charge in [0.1, 0.15) is 23.2 Å². The number of aliphatic hydroxyl groups is 1. The third kappa shape index (κ3) is 3.12. The van der Waals surface area contributed by atoms with E-state index in [9.17, 15) is 24.4 Å². The molecule has 22 heavy (non-hydrogen) atoms. The molecule has 2 N–H and O–H groups in total. The van der Waals surface area contributed by atoms with Gasteiger partial charge in [-0.05, 0) is 31.2 Å². The Morgan fingerprint density at radius 3 is 2.82 bits per heavy atom. The highest BCUT2D eigenvalue weighted by molar-refractivity contribution is 5.98. The van der Waals surface area contributed by atoms with Gasteiger partial charge in [0.2, 0.25) is 0 Å². The van der Waals surface area contributed by atoms with Crippen molar-refractivity contribution < 1.29 is 23.6 Å². The Hall–Kier alpha value is -2.74. The minimum Gasteiger partial charge on any atom is -0.467 e. The lowest BCUT2D eigenvalue weighted by atomic mass is 10.1. The van der Waals surface area contributed by atoms with Gasteiger partial charge in [-0.25, -0.2) is 4.39 Å². The van der Waals surface area contributed by atoms with Crippen LogP contribution in [0.25, 0.3) is 0 Å². The zero-order valence-electron chi connectivity index (χ0n) is 11.6. The number of rotatable bonds is 5. The molecule has 116 valence electrons. The second-order valence-corrected chi connectivity index (χ2v) is 4.60. The number of amides is 1. The minimum absolute atomic E-state index is 0.0358. The van der Waals surface area contributed by atoms with Gasteiger partial charge in [-0.1, -0.05) is 0 Å². The summed E-state index contributed by atoms with van der Waals surface area (Å²) in [4.78, 5) is 22.5. The highest BCUT2D eigenvalue weighted by atomic mass is 19.1. The van der Waals surface area contributed by atoms with E-state index in [0.29, 0.717) is 0 Å². The summed E-state index contributed by atoms with van der Waals surface area (Å²) in [7, 11) is 0. The molecule has 0 saturated carbocycles. The third-order valence-electron chi connectivity index (χ3n) is 3.07. The van der Waals surface area contributed by atoms with Crippen LogP contribution in [0.1, 0.15) is 27.7 Å². The first-order valence-corrected chi connectivity index (χ1v) is 6.33. The van der Waals surface area contributed by atoms with Gasteiger partial charge in [0, 0.05) is 5.56 Å². The summed E-state index contributed by atoms with van der Waals surface area (Å²) in [5, 5.41) is 22.8. The molecule has 8 heteroatoms. The molecule has 1 unspecified atom stereocenters. The first-order valence-electron chi connectivity index (χ1n) is 6.33. The zero-order chi connectivity index (χ0) is 16.3. The lowest BCUT2D eigenvalue weighted by Crippen LogP contribution is -2.31. The van der Waals surface area contributed by atoms with E-state index < -0.39 is 40.5 Å². The zero-order valence-corrected chi connectivity index (χ0v) is 11.6. The van der Waals surface area contributed by atoms with Gasteiger partial charge in [0.05, 0.1) is 17.8 Å². The lowest BCUT2D eigenvalue weighted by molar-refractivity contribution is -0.385. The SMILES string of the molecule is Cc1cc(F)cc(C(=O)NC(CO)c2ccco2)c1[N+](=O)[O-]. The second-order valence-electron chi connectivity index (χ2n) is 4.60. The lowest BCUT2D eigenvalue weighted by Gasteiger charge is -2.14. The number of nitro groups is 1. The molecule has 2 rings (SSSR count). The van der Waals surface area contributed by atoms with Gasteiger partial charge >= 0.3 is 0 Å². The number of halogens is 1. The molecule has 0 aliphatic heterocycles. The summed E-state index contributed by atoms with van der Waals surface area (Å²) in [5.41, 5.74) is -0.851. The van der Waals surface area contributed by atoms with Crippen molar-refractivity contribution in [2.24, 2.45) is 0 Å². The van der Waals surface area contributed by atoms with Crippen molar-refractivity contribution in [2.75, 3.05) is 6.61 Å². The molecule has 1 aromatic heterocycles. The molecule has 1 aromatic carbocycles. The van der Waals surface area contributed by atoms with Crippen LogP contribution < -0.4 is 5.32 Å².